The van der Waals surface area contributed by atoms with Crippen LogP contribution in [0.4, 0.5) is 0 Å². The molecule has 15 heavy (non-hydrogen) atoms. The highest BCUT2D eigenvalue weighted by atomic mass is 15.1. The normalized spacial score (nSPS) is 13.1. The van der Waals surface area contributed by atoms with Crippen molar-refractivity contribution in [3.05, 3.63) is 17.7 Å². The van der Waals surface area contributed by atoms with Gasteiger partial charge in [0.25, 0.3) is 0 Å². The molecule has 0 fully saturated rings. The van der Waals surface area contributed by atoms with Crippen LogP contribution in [0.2, 0.25) is 0 Å². The van der Waals surface area contributed by atoms with Gasteiger partial charge < -0.3 is 9.88 Å². The lowest BCUT2D eigenvalue weighted by molar-refractivity contribution is 0.449. The molecular weight excluding hydrogens is 186 g/mol. The zero-order valence-corrected chi connectivity index (χ0v) is 10.4. The molecule has 1 rings (SSSR count). The molecular formula is C12H23N3. The van der Waals surface area contributed by atoms with Gasteiger partial charge in [0.05, 0.1) is 5.69 Å². The van der Waals surface area contributed by atoms with E-state index >= 15 is 0 Å². The Morgan fingerprint density at radius 1 is 1.47 bits per heavy atom. The van der Waals surface area contributed by atoms with Crippen molar-refractivity contribution in [2.24, 2.45) is 5.92 Å². The largest absolute Gasteiger partial charge is 0.331 e. The maximum atomic E-state index is 4.38. The third-order valence-corrected chi connectivity index (χ3v) is 2.89. The molecule has 0 aromatic carbocycles. The minimum Gasteiger partial charge on any atom is -0.331 e. The van der Waals surface area contributed by atoms with Crippen molar-refractivity contribution in [2.45, 2.75) is 47.2 Å². The van der Waals surface area contributed by atoms with Crippen molar-refractivity contribution in [1.29, 1.82) is 0 Å². The summed E-state index contributed by atoms with van der Waals surface area (Å²) in [5, 5.41) is 3.35. The minimum absolute atomic E-state index is 0.721. The van der Waals surface area contributed by atoms with Crippen LogP contribution in [-0.4, -0.2) is 16.1 Å². The highest BCUT2D eigenvalue weighted by Crippen LogP contribution is 2.11. The summed E-state index contributed by atoms with van der Waals surface area (Å²) in [6.07, 6.45) is 3.21. The average molecular weight is 209 g/mol. The van der Waals surface area contributed by atoms with E-state index in [1.165, 1.54) is 12.1 Å². The lowest BCUT2D eigenvalue weighted by Crippen LogP contribution is -2.18. The monoisotopic (exact) mass is 209 g/mol. The second kappa shape index (κ2) is 5.91. The molecule has 86 valence electrons. The Morgan fingerprint density at radius 2 is 2.20 bits per heavy atom. The van der Waals surface area contributed by atoms with Gasteiger partial charge >= 0.3 is 0 Å². The lowest BCUT2D eigenvalue weighted by Gasteiger charge is -2.14. The number of aromatic nitrogens is 2. The molecule has 0 radical (unpaired) electrons. The first-order valence-electron chi connectivity index (χ1n) is 5.90. The molecule has 1 aromatic heterocycles. The highest BCUT2D eigenvalue weighted by molar-refractivity contribution is 5.04. The van der Waals surface area contributed by atoms with E-state index in [1.807, 2.05) is 6.20 Å². The molecule has 1 N–H and O–H groups in total. The number of nitrogens with one attached hydrogen (secondary N) is 1. The molecule has 0 bridgehead atoms. The van der Waals surface area contributed by atoms with E-state index in [9.17, 15) is 0 Å². The van der Waals surface area contributed by atoms with Crippen molar-refractivity contribution in [1.82, 2.24) is 14.9 Å². The molecule has 3 nitrogen and oxygen atoms in total. The Labute approximate surface area is 92.9 Å². The van der Waals surface area contributed by atoms with Gasteiger partial charge in [0.1, 0.15) is 5.82 Å². The van der Waals surface area contributed by atoms with Gasteiger partial charge in [-0.05, 0) is 19.4 Å². The van der Waals surface area contributed by atoms with Crippen LogP contribution in [0, 0.1) is 12.8 Å². The third-order valence-electron chi connectivity index (χ3n) is 2.89. The summed E-state index contributed by atoms with van der Waals surface area (Å²) in [6.45, 7) is 11.8. The summed E-state index contributed by atoms with van der Waals surface area (Å²) >= 11 is 0. The zero-order valence-electron chi connectivity index (χ0n) is 10.4. The average Bonchev–Trinajstić information content (AvgIpc) is 2.57. The first-order valence-corrected chi connectivity index (χ1v) is 5.90. The van der Waals surface area contributed by atoms with Gasteiger partial charge in [0.2, 0.25) is 0 Å². The number of nitrogens with zero attached hydrogens (tertiary/aromatic N) is 2. The van der Waals surface area contributed by atoms with Crippen LogP contribution in [0.25, 0.3) is 0 Å². The molecule has 0 spiro atoms. The van der Waals surface area contributed by atoms with E-state index in [1.54, 1.807) is 0 Å². The molecule has 1 aromatic rings. The van der Waals surface area contributed by atoms with Crippen LogP contribution in [0.1, 0.15) is 38.7 Å². The quantitative estimate of drug-likeness (QED) is 0.779. The third kappa shape index (κ3) is 3.34. The van der Waals surface area contributed by atoms with Crippen molar-refractivity contribution < 1.29 is 0 Å². The maximum Gasteiger partial charge on any atom is 0.105 e. The van der Waals surface area contributed by atoms with E-state index in [2.05, 4.69) is 42.6 Å². The molecule has 0 saturated heterocycles. The molecule has 1 unspecified atom stereocenters. The molecule has 0 aliphatic heterocycles. The molecule has 3 heteroatoms. The molecule has 0 aliphatic carbocycles. The minimum atomic E-state index is 0.721. The van der Waals surface area contributed by atoms with Gasteiger partial charge in [-0.1, -0.05) is 27.2 Å². The highest BCUT2D eigenvalue weighted by Gasteiger charge is 2.08. The number of rotatable bonds is 6. The number of hydrogen-bond acceptors (Lipinski definition) is 2. The summed E-state index contributed by atoms with van der Waals surface area (Å²) in [5.41, 5.74) is 1.30. The van der Waals surface area contributed by atoms with E-state index < -0.39 is 0 Å². The summed E-state index contributed by atoms with van der Waals surface area (Å²) in [4.78, 5) is 4.38. The Kier molecular flexibility index (Phi) is 4.82. The summed E-state index contributed by atoms with van der Waals surface area (Å²) in [6, 6.07) is 0. The molecule has 1 atom stereocenters. The molecule has 1 heterocycles. The van der Waals surface area contributed by atoms with E-state index in [4.69, 9.17) is 0 Å². The Hall–Kier alpha value is -0.830. The number of imidazole rings is 1. The fourth-order valence-corrected chi connectivity index (χ4v) is 1.60. The van der Waals surface area contributed by atoms with Gasteiger partial charge in [-0.25, -0.2) is 4.98 Å². The molecule has 0 amide bonds. The second-order valence-electron chi connectivity index (χ2n) is 4.20. The van der Waals surface area contributed by atoms with Crippen LogP contribution in [0.5, 0.6) is 0 Å². The SMILES string of the molecule is CCNCc1cnc(C)n1CC(C)CC. The van der Waals surface area contributed by atoms with Gasteiger partial charge in [0, 0.05) is 19.3 Å². The summed E-state index contributed by atoms with van der Waals surface area (Å²) < 4.78 is 2.33. The van der Waals surface area contributed by atoms with Crippen LogP contribution in [0.15, 0.2) is 6.20 Å². The fraction of sp³-hybridized carbons (Fsp3) is 0.750. The van der Waals surface area contributed by atoms with Gasteiger partial charge in [0.15, 0.2) is 0 Å². The first-order chi connectivity index (χ1) is 7.19. The van der Waals surface area contributed by atoms with Crippen molar-refractivity contribution in [3.63, 3.8) is 0 Å². The number of hydrogen-bond donors (Lipinski definition) is 1. The Bertz CT molecular complexity index is 291. The molecule has 0 saturated carbocycles. The van der Waals surface area contributed by atoms with Crippen molar-refractivity contribution in [3.8, 4) is 0 Å². The Morgan fingerprint density at radius 3 is 2.80 bits per heavy atom. The van der Waals surface area contributed by atoms with E-state index in [0.29, 0.717) is 0 Å². The second-order valence-corrected chi connectivity index (χ2v) is 4.20. The lowest BCUT2D eigenvalue weighted by atomic mass is 10.1. The summed E-state index contributed by atoms with van der Waals surface area (Å²) in [7, 11) is 0. The van der Waals surface area contributed by atoms with Crippen molar-refractivity contribution in [2.75, 3.05) is 6.54 Å². The van der Waals surface area contributed by atoms with Gasteiger partial charge in [-0.3, -0.25) is 0 Å². The van der Waals surface area contributed by atoms with E-state index in [0.717, 1.165) is 31.4 Å². The van der Waals surface area contributed by atoms with Crippen LogP contribution < -0.4 is 5.32 Å². The van der Waals surface area contributed by atoms with Crippen molar-refractivity contribution >= 4 is 0 Å². The number of aryl methyl sites for hydroxylation is 1. The first kappa shape index (κ1) is 12.2. The summed E-state index contributed by atoms with van der Waals surface area (Å²) in [5.74, 6) is 1.85. The standard InChI is InChI=1S/C12H23N3/c1-5-10(3)9-15-11(4)14-8-12(15)7-13-6-2/h8,10,13H,5-7,9H2,1-4H3. The van der Waals surface area contributed by atoms with Crippen LogP contribution in [0.3, 0.4) is 0 Å². The smallest absolute Gasteiger partial charge is 0.105 e. The van der Waals surface area contributed by atoms with Gasteiger partial charge in [-0.2, -0.15) is 0 Å². The topological polar surface area (TPSA) is 29.9 Å². The van der Waals surface area contributed by atoms with Crippen LogP contribution >= 0.6 is 0 Å². The zero-order chi connectivity index (χ0) is 11.3. The molecule has 0 aliphatic rings. The van der Waals surface area contributed by atoms with E-state index in [-0.39, 0.29) is 0 Å². The maximum absolute atomic E-state index is 4.38. The predicted molar refractivity (Wildman–Crippen MR) is 63.8 cm³/mol. The Balaban J connectivity index is 2.70. The predicted octanol–water partition coefficient (Wildman–Crippen LogP) is 2.35. The van der Waals surface area contributed by atoms with Crippen LogP contribution in [-0.2, 0) is 13.1 Å². The fourth-order valence-electron chi connectivity index (χ4n) is 1.60. The van der Waals surface area contributed by atoms with Gasteiger partial charge in [-0.15, -0.1) is 0 Å².